The number of halogens is 1. The van der Waals surface area contributed by atoms with E-state index in [0.717, 1.165) is 11.1 Å². The minimum Gasteiger partial charge on any atom is -0.294 e. The van der Waals surface area contributed by atoms with Gasteiger partial charge in [0.2, 0.25) is 0 Å². The molecule has 0 spiro atoms. The smallest absolute Gasteiger partial charge is 0.161 e. The summed E-state index contributed by atoms with van der Waals surface area (Å²) in [6, 6.07) is 5.80. The van der Waals surface area contributed by atoms with Gasteiger partial charge in [-0.1, -0.05) is 36.6 Å². The van der Waals surface area contributed by atoms with E-state index in [0.29, 0.717) is 10.9 Å². The van der Waals surface area contributed by atoms with Gasteiger partial charge >= 0.3 is 0 Å². The minimum absolute atomic E-state index is 0.0856. The fourth-order valence-corrected chi connectivity index (χ4v) is 2.80. The Bertz CT molecular complexity index is 378. The lowest BCUT2D eigenvalue weighted by Crippen LogP contribution is -2.04. The van der Waals surface area contributed by atoms with E-state index >= 15 is 0 Å². The Balaban J connectivity index is 2.45. The average Bonchev–Trinajstić information content (AvgIpc) is 2.69. The van der Waals surface area contributed by atoms with Crippen molar-refractivity contribution in [3.63, 3.8) is 0 Å². The van der Waals surface area contributed by atoms with Gasteiger partial charge in [0.25, 0.3) is 0 Å². The SMILES string of the molecule is CC(=O)c1c(Cl)cccc1C1CCCC1. The number of carbonyl (C=O) groups is 1. The lowest BCUT2D eigenvalue weighted by Gasteiger charge is -2.14. The maximum Gasteiger partial charge on any atom is 0.161 e. The van der Waals surface area contributed by atoms with Crippen LogP contribution in [0.4, 0.5) is 0 Å². The fourth-order valence-electron chi connectivity index (χ4n) is 2.49. The quantitative estimate of drug-likeness (QED) is 0.686. The van der Waals surface area contributed by atoms with E-state index in [1.165, 1.54) is 25.7 Å². The van der Waals surface area contributed by atoms with Crippen molar-refractivity contribution >= 4 is 17.4 Å². The normalized spacial score (nSPS) is 16.9. The summed E-state index contributed by atoms with van der Waals surface area (Å²) in [5.74, 6) is 0.630. The minimum atomic E-state index is 0.0856. The molecule has 0 radical (unpaired) electrons. The van der Waals surface area contributed by atoms with Crippen molar-refractivity contribution in [2.24, 2.45) is 0 Å². The summed E-state index contributed by atoms with van der Waals surface area (Å²) in [6.07, 6.45) is 4.93. The highest BCUT2D eigenvalue weighted by Gasteiger charge is 2.22. The van der Waals surface area contributed by atoms with E-state index in [2.05, 4.69) is 6.07 Å². The molecule has 1 fully saturated rings. The lowest BCUT2D eigenvalue weighted by molar-refractivity contribution is 0.101. The van der Waals surface area contributed by atoms with Gasteiger partial charge in [-0.25, -0.2) is 0 Å². The van der Waals surface area contributed by atoms with Crippen LogP contribution in [0.1, 0.15) is 54.4 Å². The van der Waals surface area contributed by atoms with Gasteiger partial charge in [0.1, 0.15) is 0 Å². The molecule has 0 bridgehead atoms. The van der Waals surface area contributed by atoms with Crippen LogP contribution in [0, 0.1) is 0 Å². The van der Waals surface area contributed by atoms with Gasteiger partial charge in [0.05, 0.1) is 5.02 Å². The van der Waals surface area contributed by atoms with Crippen LogP contribution in [-0.4, -0.2) is 5.78 Å². The van der Waals surface area contributed by atoms with Gasteiger partial charge < -0.3 is 0 Å². The predicted octanol–water partition coefficient (Wildman–Crippen LogP) is 4.20. The molecule has 0 saturated heterocycles. The molecule has 2 rings (SSSR count). The van der Waals surface area contributed by atoms with Crippen LogP contribution in [0.2, 0.25) is 5.02 Å². The summed E-state index contributed by atoms with van der Waals surface area (Å²) in [6.45, 7) is 1.60. The first-order valence-electron chi connectivity index (χ1n) is 5.49. The number of benzene rings is 1. The zero-order chi connectivity index (χ0) is 10.8. The van der Waals surface area contributed by atoms with Crippen molar-refractivity contribution in [1.29, 1.82) is 0 Å². The predicted molar refractivity (Wildman–Crippen MR) is 62.7 cm³/mol. The van der Waals surface area contributed by atoms with Crippen LogP contribution in [-0.2, 0) is 0 Å². The standard InChI is InChI=1S/C13H15ClO/c1-9(15)13-11(7-4-8-12(13)14)10-5-2-3-6-10/h4,7-8,10H,2-3,5-6H2,1H3. The second-order valence-electron chi connectivity index (χ2n) is 4.24. The maximum atomic E-state index is 11.6. The molecule has 1 nitrogen and oxygen atoms in total. The molecule has 0 heterocycles. The summed E-state index contributed by atoms with van der Waals surface area (Å²) in [4.78, 5) is 11.6. The summed E-state index contributed by atoms with van der Waals surface area (Å²) in [7, 11) is 0. The first-order valence-corrected chi connectivity index (χ1v) is 5.87. The van der Waals surface area contributed by atoms with Crippen molar-refractivity contribution in [3.05, 3.63) is 34.3 Å². The third-order valence-electron chi connectivity index (χ3n) is 3.19. The van der Waals surface area contributed by atoms with E-state index in [1.54, 1.807) is 13.0 Å². The second kappa shape index (κ2) is 4.36. The van der Waals surface area contributed by atoms with Crippen LogP contribution >= 0.6 is 11.6 Å². The number of hydrogen-bond donors (Lipinski definition) is 0. The molecule has 80 valence electrons. The van der Waals surface area contributed by atoms with Crippen molar-refractivity contribution in [2.45, 2.75) is 38.5 Å². The van der Waals surface area contributed by atoms with E-state index < -0.39 is 0 Å². The Kier molecular flexibility index (Phi) is 3.11. The molecule has 2 heteroatoms. The Morgan fingerprint density at radius 1 is 1.33 bits per heavy atom. The fraction of sp³-hybridized carbons (Fsp3) is 0.462. The van der Waals surface area contributed by atoms with Gasteiger partial charge in [0.15, 0.2) is 5.78 Å². The van der Waals surface area contributed by atoms with Crippen LogP contribution in [0.25, 0.3) is 0 Å². The highest BCUT2D eigenvalue weighted by Crippen LogP contribution is 2.37. The van der Waals surface area contributed by atoms with Gasteiger partial charge in [-0.05, 0) is 37.3 Å². The number of carbonyl (C=O) groups excluding carboxylic acids is 1. The van der Waals surface area contributed by atoms with Crippen molar-refractivity contribution in [2.75, 3.05) is 0 Å². The molecule has 0 amide bonds. The molecule has 15 heavy (non-hydrogen) atoms. The van der Waals surface area contributed by atoms with E-state index in [1.807, 2.05) is 6.07 Å². The van der Waals surface area contributed by atoms with E-state index in [-0.39, 0.29) is 5.78 Å². The largest absolute Gasteiger partial charge is 0.294 e. The molecule has 1 aliphatic rings. The zero-order valence-electron chi connectivity index (χ0n) is 8.92. The van der Waals surface area contributed by atoms with Gasteiger partial charge in [0, 0.05) is 5.56 Å². The van der Waals surface area contributed by atoms with Gasteiger partial charge in [-0.3, -0.25) is 4.79 Å². The monoisotopic (exact) mass is 222 g/mol. The number of rotatable bonds is 2. The van der Waals surface area contributed by atoms with Crippen LogP contribution in [0.3, 0.4) is 0 Å². The first-order chi connectivity index (χ1) is 7.20. The summed E-state index contributed by atoms with van der Waals surface area (Å²) < 4.78 is 0. The van der Waals surface area contributed by atoms with Crippen LogP contribution in [0.15, 0.2) is 18.2 Å². The van der Waals surface area contributed by atoms with Crippen molar-refractivity contribution in [3.8, 4) is 0 Å². The average molecular weight is 223 g/mol. The highest BCUT2D eigenvalue weighted by atomic mass is 35.5. The van der Waals surface area contributed by atoms with Crippen molar-refractivity contribution < 1.29 is 4.79 Å². The molecular weight excluding hydrogens is 208 g/mol. The molecule has 1 aromatic rings. The number of hydrogen-bond acceptors (Lipinski definition) is 1. The molecule has 0 atom stereocenters. The molecule has 1 aromatic carbocycles. The molecule has 0 aliphatic heterocycles. The molecule has 1 saturated carbocycles. The Morgan fingerprint density at radius 3 is 2.60 bits per heavy atom. The van der Waals surface area contributed by atoms with Crippen molar-refractivity contribution in [1.82, 2.24) is 0 Å². The van der Waals surface area contributed by atoms with Crippen LogP contribution in [0.5, 0.6) is 0 Å². The Morgan fingerprint density at radius 2 is 2.00 bits per heavy atom. The first kappa shape index (κ1) is 10.7. The zero-order valence-corrected chi connectivity index (χ0v) is 9.68. The molecule has 0 unspecified atom stereocenters. The maximum absolute atomic E-state index is 11.6. The number of Topliss-reactive ketones (excluding diaryl/α,β-unsaturated/α-hetero) is 1. The number of ketones is 1. The summed E-state index contributed by atoms with van der Waals surface area (Å²) in [5, 5.41) is 0.604. The third kappa shape index (κ3) is 2.07. The highest BCUT2D eigenvalue weighted by molar-refractivity contribution is 6.34. The van der Waals surface area contributed by atoms with E-state index in [9.17, 15) is 4.79 Å². The Labute approximate surface area is 95.4 Å². The topological polar surface area (TPSA) is 17.1 Å². The second-order valence-corrected chi connectivity index (χ2v) is 4.65. The van der Waals surface area contributed by atoms with Gasteiger partial charge in [-0.2, -0.15) is 0 Å². The Hall–Kier alpha value is -0.820. The molecule has 1 aliphatic carbocycles. The molecular formula is C13H15ClO. The summed E-state index contributed by atoms with van der Waals surface area (Å²) in [5.41, 5.74) is 1.90. The molecule has 0 N–H and O–H groups in total. The van der Waals surface area contributed by atoms with Gasteiger partial charge in [-0.15, -0.1) is 0 Å². The lowest BCUT2D eigenvalue weighted by atomic mass is 9.91. The van der Waals surface area contributed by atoms with E-state index in [4.69, 9.17) is 11.6 Å². The molecule has 0 aromatic heterocycles. The summed E-state index contributed by atoms with van der Waals surface area (Å²) >= 11 is 6.08. The third-order valence-corrected chi connectivity index (χ3v) is 3.51. The van der Waals surface area contributed by atoms with Crippen LogP contribution < -0.4 is 0 Å².